The highest BCUT2D eigenvalue weighted by molar-refractivity contribution is 4.75. The van der Waals surface area contributed by atoms with E-state index < -0.39 is 0 Å². The van der Waals surface area contributed by atoms with Crippen molar-refractivity contribution in [2.24, 2.45) is 0 Å². The largest absolute Gasteiger partial charge is 0.396 e. The molecular weight excluding hydrogens is 188 g/mol. The highest BCUT2D eigenvalue weighted by Crippen LogP contribution is 2.17. The molecule has 0 amide bonds. The average Bonchev–Trinajstić information content (AvgIpc) is 2.25. The van der Waals surface area contributed by atoms with Crippen LogP contribution in [0, 0.1) is 0 Å². The molecule has 1 saturated heterocycles. The highest BCUT2D eigenvalue weighted by Gasteiger charge is 2.18. The maximum absolute atomic E-state index is 8.74. The molecule has 0 aromatic carbocycles. The summed E-state index contributed by atoms with van der Waals surface area (Å²) in [6, 6.07) is 0.787. The summed E-state index contributed by atoms with van der Waals surface area (Å²) in [4.78, 5) is 4.84. The summed E-state index contributed by atoms with van der Waals surface area (Å²) >= 11 is 0. The Kier molecular flexibility index (Phi) is 6.22. The highest BCUT2D eigenvalue weighted by atomic mass is 16.3. The number of aliphatic hydroxyl groups excluding tert-OH is 1. The second-order valence-corrected chi connectivity index (χ2v) is 4.80. The molecule has 0 aliphatic carbocycles. The first-order chi connectivity index (χ1) is 7.24. The van der Waals surface area contributed by atoms with Gasteiger partial charge in [0.2, 0.25) is 0 Å². The average molecular weight is 214 g/mol. The molecule has 0 aromatic heterocycles. The normalized spacial score (nSPS) is 23.6. The predicted molar refractivity (Wildman–Crippen MR) is 64.1 cm³/mol. The van der Waals surface area contributed by atoms with Gasteiger partial charge in [-0.15, -0.1) is 0 Å². The quantitative estimate of drug-likeness (QED) is 0.719. The Morgan fingerprint density at radius 2 is 2.13 bits per heavy atom. The summed E-state index contributed by atoms with van der Waals surface area (Å²) < 4.78 is 0. The molecule has 1 N–H and O–H groups in total. The van der Waals surface area contributed by atoms with Gasteiger partial charge in [0.1, 0.15) is 0 Å². The molecule has 0 aromatic rings. The number of hydrogen-bond donors (Lipinski definition) is 1. The number of aliphatic hydroxyl groups is 1. The Morgan fingerprint density at radius 3 is 2.80 bits per heavy atom. The minimum atomic E-state index is 0.313. The van der Waals surface area contributed by atoms with Crippen molar-refractivity contribution in [3.8, 4) is 0 Å². The van der Waals surface area contributed by atoms with Gasteiger partial charge in [0, 0.05) is 19.2 Å². The van der Waals surface area contributed by atoms with Crippen molar-refractivity contribution in [3.05, 3.63) is 0 Å². The SMILES string of the molecule is CN(CCCO)CC[C@H]1CCCCN1C. The van der Waals surface area contributed by atoms with Crippen LogP contribution in [0.4, 0.5) is 0 Å². The van der Waals surface area contributed by atoms with Gasteiger partial charge in [0.05, 0.1) is 0 Å². The molecule has 0 unspecified atom stereocenters. The summed E-state index contributed by atoms with van der Waals surface area (Å²) in [7, 11) is 4.40. The zero-order valence-corrected chi connectivity index (χ0v) is 10.3. The van der Waals surface area contributed by atoms with Gasteiger partial charge in [0.15, 0.2) is 0 Å². The third-order valence-electron chi connectivity index (χ3n) is 3.46. The van der Waals surface area contributed by atoms with Gasteiger partial charge in [-0.05, 0) is 52.9 Å². The van der Waals surface area contributed by atoms with Crippen LogP contribution in [0.25, 0.3) is 0 Å². The smallest absolute Gasteiger partial charge is 0.0443 e. The molecule has 90 valence electrons. The first kappa shape index (κ1) is 12.9. The van der Waals surface area contributed by atoms with Crippen LogP contribution >= 0.6 is 0 Å². The van der Waals surface area contributed by atoms with E-state index in [0.717, 1.165) is 25.6 Å². The van der Waals surface area contributed by atoms with E-state index in [1.165, 1.54) is 32.2 Å². The number of rotatable bonds is 6. The summed E-state index contributed by atoms with van der Waals surface area (Å²) in [6.45, 7) is 3.76. The van der Waals surface area contributed by atoms with E-state index in [2.05, 4.69) is 23.9 Å². The lowest BCUT2D eigenvalue weighted by molar-refractivity contribution is 0.157. The standard InChI is InChI=1S/C12H26N2O/c1-13(8-5-11-15)10-7-12-6-3-4-9-14(12)2/h12,15H,3-11H2,1-2H3/t12-/m1/s1. The van der Waals surface area contributed by atoms with Crippen LogP contribution in [0.3, 0.4) is 0 Å². The van der Waals surface area contributed by atoms with Gasteiger partial charge in [-0.2, -0.15) is 0 Å². The molecule has 0 spiro atoms. The monoisotopic (exact) mass is 214 g/mol. The fourth-order valence-electron chi connectivity index (χ4n) is 2.33. The van der Waals surface area contributed by atoms with Crippen molar-refractivity contribution in [2.45, 2.75) is 38.1 Å². The van der Waals surface area contributed by atoms with Crippen molar-refractivity contribution in [1.29, 1.82) is 0 Å². The van der Waals surface area contributed by atoms with Crippen LogP contribution in [0.5, 0.6) is 0 Å². The lowest BCUT2D eigenvalue weighted by Gasteiger charge is -2.33. The molecule has 1 heterocycles. The van der Waals surface area contributed by atoms with E-state index in [9.17, 15) is 0 Å². The zero-order chi connectivity index (χ0) is 11.1. The number of piperidine rings is 1. The second kappa shape index (κ2) is 7.20. The molecule has 1 aliphatic rings. The maximum Gasteiger partial charge on any atom is 0.0443 e. The Morgan fingerprint density at radius 1 is 1.33 bits per heavy atom. The summed E-state index contributed by atoms with van der Waals surface area (Å²) in [5.74, 6) is 0. The molecule has 1 aliphatic heterocycles. The van der Waals surface area contributed by atoms with Crippen LogP contribution in [0.15, 0.2) is 0 Å². The first-order valence-corrected chi connectivity index (χ1v) is 6.23. The Bertz CT molecular complexity index is 164. The predicted octanol–water partition coefficient (Wildman–Crippen LogP) is 1.18. The summed E-state index contributed by atoms with van der Waals surface area (Å²) in [5.41, 5.74) is 0. The van der Waals surface area contributed by atoms with Crippen molar-refractivity contribution in [2.75, 3.05) is 40.3 Å². The molecule has 3 heteroatoms. The van der Waals surface area contributed by atoms with Crippen molar-refractivity contribution >= 4 is 0 Å². The van der Waals surface area contributed by atoms with Crippen LogP contribution in [0.1, 0.15) is 32.1 Å². The van der Waals surface area contributed by atoms with Crippen LogP contribution in [-0.2, 0) is 0 Å². The van der Waals surface area contributed by atoms with Crippen molar-refractivity contribution in [1.82, 2.24) is 9.80 Å². The van der Waals surface area contributed by atoms with Crippen molar-refractivity contribution in [3.63, 3.8) is 0 Å². The van der Waals surface area contributed by atoms with E-state index in [1.807, 2.05) is 0 Å². The van der Waals surface area contributed by atoms with Gasteiger partial charge in [-0.25, -0.2) is 0 Å². The third kappa shape index (κ3) is 4.96. The summed E-state index contributed by atoms with van der Waals surface area (Å²) in [5, 5.41) is 8.74. The lowest BCUT2D eigenvalue weighted by atomic mass is 10.00. The number of nitrogens with zero attached hydrogens (tertiary/aromatic N) is 2. The Balaban J connectivity index is 2.11. The fourth-order valence-corrected chi connectivity index (χ4v) is 2.33. The molecule has 1 fully saturated rings. The van der Waals surface area contributed by atoms with Gasteiger partial charge in [-0.3, -0.25) is 0 Å². The topological polar surface area (TPSA) is 26.7 Å². The van der Waals surface area contributed by atoms with Gasteiger partial charge >= 0.3 is 0 Å². The van der Waals surface area contributed by atoms with E-state index >= 15 is 0 Å². The number of hydrogen-bond acceptors (Lipinski definition) is 3. The maximum atomic E-state index is 8.74. The molecule has 0 saturated carbocycles. The minimum Gasteiger partial charge on any atom is -0.396 e. The van der Waals surface area contributed by atoms with Gasteiger partial charge in [0.25, 0.3) is 0 Å². The molecule has 15 heavy (non-hydrogen) atoms. The summed E-state index contributed by atoms with van der Waals surface area (Å²) in [6.07, 6.45) is 6.31. The molecule has 0 bridgehead atoms. The van der Waals surface area contributed by atoms with Crippen LogP contribution < -0.4 is 0 Å². The van der Waals surface area contributed by atoms with E-state index in [4.69, 9.17) is 5.11 Å². The van der Waals surface area contributed by atoms with E-state index in [0.29, 0.717) is 6.61 Å². The van der Waals surface area contributed by atoms with Crippen molar-refractivity contribution < 1.29 is 5.11 Å². The molecule has 0 radical (unpaired) electrons. The fraction of sp³-hybridized carbons (Fsp3) is 1.00. The first-order valence-electron chi connectivity index (χ1n) is 6.23. The van der Waals surface area contributed by atoms with E-state index in [-0.39, 0.29) is 0 Å². The van der Waals surface area contributed by atoms with Gasteiger partial charge in [-0.1, -0.05) is 6.42 Å². The Labute approximate surface area is 94.1 Å². The van der Waals surface area contributed by atoms with E-state index in [1.54, 1.807) is 0 Å². The number of likely N-dealkylation sites (tertiary alicyclic amines) is 1. The minimum absolute atomic E-state index is 0.313. The zero-order valence-electron chi connectivity index (χ0n) is 10.3. The third-order valence-corrected chi connectivity index (χ3v) is 3.46. The van der Waals surface area contributed by atoms with Crippen LogP contribution in [0.2, 0.25) is 0 Å². The van der Waals surface area contributed by atoms with Crippen LogP contribution in [-0.4, -0.2) is 61.3 Å². The molecule has 1 rings (SSSR count). The molecule has 1 atom stereocenters. The lowest BCUT2D eigenvalue weighted by Crippen LogP contribution is -2.38. The molecule has 3 nitrogen and oxygen atoms in total. The Hall–Kier alpha value is -0.120. The second-order valence-electron chi connectivity index (χ2n) is 4.80. The van der Waals surface area contributed by atoms with Gasteiger partial charge < -0.3 is 14.9 Å². The molecular formula is C12H26N2O.